The normalized spacial score (nSPS) is 10.3. The van der Waals surface area contributed by atoms with Crippen molar-refractivity contribution < 1.29 is 9.18 Å². The van der Waals surface area contributed by atoms with Gasteiger partial charge < -0.3 is 10.6 Å². The summed E-state index contributed by atoms with van der Waals surface area (Å²) >= 11 is 0. The van der Waals surface area contributed by atoms with Crippen LogP contribution in [0.1, 0.15) is 23.0 Å². The van der Waals surface area contributed by atoms with Crippen molar-refractivity contribution in [2.75, 3.05) is 17.2 Å². The zero-order valence-electron chi connectivity index (χ0n) is 11.4. The van der Waals surface area contributed by atoms with E-state index in [4.69, 9.17) is 5.73 Å². The van der Waals surface area contributed by atoms with Gasteiger partial charge in [0.05, 0.1) is 5.56 Å². The Labute approximate surface area is 117 Å². The molecule has 0 fully saturated rings. The van der Waals surface area contributed by atoms with Crippen LogP contribution in [0.3, 0.4) is 0 Å². The summed E-state index contributed by atoms with van der Waals surface area (Å²) in [6.45, 7) is 4.03. The third-order valence-corrected chi connectivity index (χ3v) is 2.98. The summed E-state index contributed by atoms with van der Waals surface area (Å²) < 4.78 is 13.3. The number of hydrogen-bond acceptors (Lipinski definition) is 3. The maximum atomic E-state index is 13.3. The zero-order valence-corrected chi connectivity index (χ0v) is 11.4. The summed E-state index contributed by atoms with van der Waals surface area (Å²) in [4.78, 5) is 18.1. The molecule has 2 aromatic rings. The van der Waals surface area contributed by atoms with Gasteiger partial charge in [0, 0.05) is 29.8 Å². The molecule has 0 spiro atoms. The molecule has 104 valence electrons. The first kappa shape index (κ1) is 14.0. The van der Waals surface area contributed by atoms with E-state index in [0.717, 1.165) is 5.69 Å². The number of hydrogen-bond donors (Lipinski definition) is 1. The first-order valence-electron chi connectivity index (χ1n) is 6.32. The Morgan fingerprint density at radius 1 is 1.40 bits per heavy atom. The fraction of sp³-hybridized carbons (Fsp3) is 0.200. The number of benzene rings is 1. The molecule has 0 atom stereocenters. The highest BCUT2D eigenvalue weighted by atomic mass is 19.1. The van der Waals surface area contributed by atoms with Gasteiger partial charge in [-0.3, -0.25) is 9.78 Å². The lowest BCUT2D eigenvalue weighted by atomic mass is 10.1. The van der Waals surface area contributed by atoms with E-state index in [1.807, 2.05) is 6.92 Å². The van der Waals surface area contributed by atoms with Crippen molar-refractivity contribution in [3.05, 3.63) is 53.6 Å². The summed E-state index contributed by atoms with van der Waals surface area (Å²) in [5.74, 6) is -0.674. The Morgan fingerprint density at radius 2 is 2.15 bits per heavy atom. The molecule has 4 nitrogen and oxygen atoms in total. The molecule has 20 heavy (non-hydrogen) atoms. The molecule has 1 amide bonds. The smallest absolute Gasteiger partial charge is 0.261 e. The first-order valence-corrected chi connectivity index (χ1v) is 6.32. The van der Waals surface area contributed by atoms with Crippen molar-refractivity contribution in [3.63, 3.8) is 0 Å². The predicted molar refractivity (Wildman–Crippen MR) is 77.1 cm³/mol. The molecule has 0 saturated heterocycles. The number of carbonyl (C=O) groups excluding carboxylic acids is 1. The number of carbonyl (C=O) groups is 1. The van der Waals surface area contributed by atoms with Gasteiger partial charge in [0.2, 0.25) is 0 Å². The van der Waals surface area contributed by atoms with Crippen LogP contribution in [0.25, 0.3) is 0 Å². The molecule has 1 heterocycles. The average Bonchev–Trinajstić information content (AvgIpc) is 2.39. The maximum absolute atomic E-state index is 13.3. The molecular formula is C15H16FN3O. The van der Waals surface area contributed by atoms with Crippen LogP contribution in [0.4, 0.5) is 15.8 Å². The quantitative estimate of drug-likeness (QED) is 0.935. The molecule has 5 heteroatoms. The van der Waals surface area contributed by atoms with E-state index in [1.54, 1.807) is 25.1 Å². The van der Waals surface area contributed by atoms with Gasteiger partial charge >= 0.3 is 0 Å². The van der Waals surface area contributed by atoms with Crippen molar-refractivity contribution >= 4 is 17.3 Å². The van der Waals surface area contributed by atoms with Crippen LogP contribution in [-0.4, -0.2) is 17.4 Å². The van der Waals surface area contributed by atoms with Gasteiger partial charge in [-0.25, -0.2) is 4.39 Å². The number of pyridine rings is 1. The number of aromatic nitrogens is 1. The van der Waals surface area contributed by atoms with Gasteiger partial charge in [0.25, 0.3) is 5.91 Å². The van der Waals surface area contributed by atoms with E-state index in [9.17, 15) is 9.18 Å². The predicted octanol–water partition coefficient (Wildman–Crippen LogP) is 2.78. The Hall–Kier alpha value is -2.43. The molecule has 0 aliphatic rings. The van der Waals surface area contributed by atoms with Crippen molar-refractivity contribution in [2.45, 2.75) is 13.8 Å². The van der Waals surface area contributed by atoms with Crippen LogP contribution in [-0.2, 0) is 0 Å². The monoisotopic (exact) mass is 273 g/mol. The number of nitrogens with zero attached hydrogens (tertiary/aromatic N) is 2. The first-order chi connectivity index (χ1) is 9.52. The van der Waals surface area contributed by atoms with Crippen LogP contribution in [0.15, 0.2) is 36.5 Å². The number of aryl methyl sites for hydroxylation is 1. The fourth-order valence-electron chi connectivity index (χ4n) is 1.99. The second-order valence-corrected chi connectivity index (χ2v) is 4.44. The molecule has 1 aromatic heterocycles. The van der Waals surface area contributed by atoms with Crippen LogP contribution in [0.5, 0.6) is 0 Å². The summed E-state index contributed by atoms with van der Waals surface area (Å²) in [7, 11) is 0. The van der Waals surface area contributed by atoms with Crippen molar-refractivity contribution in [1.82, 2.24) is 4.98 Å². The van der Waals surface area contributed by atoms with E-state index in [-0.39, 0.29) is 11.7 Å². The third-order valence-electron chi connectivity index (χ3n) is 2.98. The number of halogens is 1. The highest BCUT2D eigenvalue weighted by Gasteiger charge is 2.19. The van der Waals surface area contributed by atoms with Crippen molar-refractivity contribution in [2.24, 2.45) is 0 Å². The average molecular weight is 273 g/mol. The topological polar surface area (TPSA) is 59.2 Å². The van der Waals surface area contributed by atoms with Crippen LogP contribution < -0.4 is 10.6 Å². The number of nitrogens with two attached hydrogens (primary N) is 1. The highest BCUT2D eigenvalue weighted by molar-refractivity contribution is 6.09. The standard InChI is InChI=1S/C15H16FN3O/c1-3-19(12-6-4-5-11(16)8-12)15(20)13-9-18-10(2)7-14(13)17/h4-9H,3H2,1-2H3,(H2,17,18). The lowest BCUT2D eigenvalue weighted by Gasteiger charge is -2.21. The molecule has 2 rings (SSSR count). The number of anilines is 2. The summed E-state index contributed by atoms with van der Waals surface area (Å²) in [5, 5.41) is 0. The van der Waals surface area contributed by atoms with Crippen LogP contribution in [0.2, 0.25) is 0 Å². The number of amides is 1. The zero-order chi connectivity index (χ0) is 14.7. The molecule has 2 N–H and O–H groups in total. The SMILES string of the molecule is CCN(C(=O)c1cnc(C)cc1N)c1cccc(F)c1. The van der Waals surface area contributed by atoms with Crippen LogP contribution >= 0.6 is 0 Å². The van der Waals surface area contributed by atoms with Gasteiger partial charge in [0.1, 0.15) is 5.82 Å². The molecule has 1 aromatic carbocycles. The molecule has 0 aliphatic heterocycles. The molecule has 0 aliphatic carbocycles. The highest BCUT2D eigenvalue weighted by Crippen LogP contribution is 2.20. The van der Waals surface area contributed by atoms with Crippen molar-refractivity contribution in [1.29, 1.82) is 0 Å². The van der Waals surface area contributed by atoms with E-state index >= 15 is 0 Å². The minimum Gasteiger partial charge on any atom is -0.398 e. The van der Waals surface area contributed by atoms with E-state index in [1.165, 1.54) is 23.2 Å². The summed E-state index contributed by atoms with van der Waals surface area (Å²) in [5.41, 5.74) is 7.80. The van der Waals surface area contributed by atoms with Crippen LogP contribution in [0, 0.1) is 12.7 Å². The fourth-order valence-corrected chi connectivity index (χ4v) is 1.99. The van der Waals surface area contributed by atoms with Gasteiger partial charge in [-0.2, -0.15) is 0 Å². The second kappa shape index (κ2) is 5.69. The molecule has 0 radical (unpaired) electrons. The van der Waals surface area contributed by atoms with E-state index in [2.05, 4.69) is 4.98 Å². The Balaban J connectivity index is 2.39. The van der Waals surface area contributed by atoms with Gasteiger partial charge in [-0.15, -0.1) is 0 Å². The minimum atomic E-state index is -0.385. The molecule has 0 unspecified atom stereocenters. The van der Waals surface area contributed by atoms with Gasteiger partial charge in [-0.05, 0) is 38.1 Å². The maximum Gasteiger partial charge on any atom is 0.261 e. The van der Waals surface area contributed by atoms with E-state index < -0.39 is 0 Å². The number of rotatable bonds is 3. The summed E-state index contributed by atoms with van der Waals surface area (Å²) in [6, 6.07) is 7.55. The minimum absolute atomic E-state index is 0.289. The Bertz CT molecular complexity index is 643. The lowest BCUT2D eigenvalue weighted by molar-refractivity contribution is 0.0989. The third kappa shape index (κ3) is 2.77. The largest absolute Gasteiger partial charge is 0.398 e. The van der Waals surface area contributed by atoms with Gasteiger partial charge in [-0.1, -0.05) is 6.07 Å². The lowest BCUT2D eigenvalue weighted by Crippen LogP contribution is -2.31. The molecule has 0 bridgehead atoms. The molecular weight excluding hydrogens is 257 g/mol. The Kier molecular flexibility index (Phi) is 3.98. The summed E-state index contributed by atoms with van der Waals surface area (Å²) in [6.07, 6.45) is 1.45. The number of nitrogen functional groups attached to an aromatic ring is 1. The second-order valence-electron chi connectivity index (χ2n) is 4.44. The Morgan fingerprint density at radius 3 is 2.75 bits per heavy atom. The van der Waals surface area contributed by atoms with E-state index in [0.29, 0.717) is 23.5 Å². The van der Waals surface area contributed by atoms with Gasteiger partial charge in [0.15, 0.2) is 0 Å². The van der Waals surface area contributed by atoms with Crippen molar-refractivity contribution in [3.8, 4) is 0 Å². The molecule has 0 saturated carbocycles.